The van der Waals surface area contributed by atoms with Gasteiger partial charge in [0.05, 0.1) is 0 Å². The summed E-state index contributed by atoms with van der Waals surface area (Å²) < 4.78 is 1.69. The highest BCUT2D eigenvalue weighted by atomic mass is 15.2. The summed E-state index contributed by atoms with van der Waals surface area (Å²) in [5.41, 5.74) is 26.0. The van der Waals surface area contributed by atoms with Crippen molar-refractivity contribution in [1.82, 2.24) is 0 Å². The molecular formula is C84H148N2. The van der Waals surface area contributed by atoms with Crippen molar-refractivity contribution < 1.29 is 4.70 Å². The van der Waals surface area contributed by atoms with Crippen LogP contribution in [0.4, 0.5) is 0 Å². The Morgan fingerprint density at radius 1 is 0.209 bits per heavy atom. The molecule has 2 nitrogen and oxygen atoms in total. The molecule has 0 spiro atoms. The molecular weight excluding hydrogens is 1040 g/mol. The van der Waals surface area contributed by atoms with Crippen molar-refractivity contribution in [2.24, 2.45) is 0 Å². The van der Waals surface area contributed by atoms with E-state index in [1.165, 1.54) is 391 Å². The van der Waals surface area contributed by atoms with Gasteiger partial charge in [-0.3, -0.25) is 0 Å². The van der Waals surface area contributed by atoms with Crippen LogP contribution in [0.3, 0.4) is 0 Å². The molecule has 0 radical (unpaired) electrons. The summed E-state index contributed by atoms with van der Waals surface area (Å²) in [4.78, 5) is 0. The molecule has 2 aromatic carbocycles. The second kappa shape index (κ2) is 56.5. The number of aryl methyl sites for hydroxylation is 4. The van der Waals surface area contributed by atoms with Gasteiger partial charge in [-0.25, -0.2) is 4.70 Å². The topological polar surface area (TPSA) is 25.3 Å². The van der Waals surface area contributed by atoms with Crippen molar-refractivity contribution in [3.05, 3.63) is 86.5 Å². The third kappa shape index (κ3) is 38.3. The second-order valence-corrected chi connectivity index (χ2v) is 28.1. The lowest BCUT2D eigenvalue weighted by molar-refractivity contribution is -0.345. The van der Waals surface area contributed by atoms with Gasteiger partial charge in [0, 0.05) is 22.3 Å². The van der Waals surface area contributed by atoms with E-state index in [2.05, 4.69) is 77.9 Å². The van der Waals surface area contributed by atoms with Crippen molar-refractivity contribution in [2.75, 3.05) is 0 Å². The summed E-state index contributed by atoms with van der Waals surface area (Å²) in [6.07, 6.45) is 85.4. The number of nitrogens with zero attached hydrogens (tertiary/aromatic N) is 2. The quantitative estimate of drug-likeness (QED) is 0.0466. The van der Waals surface area contributed by atoms with Gasteiger partial charge in [-0.1, -0.05) is 388 Å². The van der Waals surface area contributed by atoms with Gasteiger partial charge in [-0.2, -0.15) is 0 Å². The van der Waals surface area contributed by atoms with Crippen molar-refractivity contribution >= 4 is 11.4 Å². The lowest BCUT2D eigenvalue weighted by Crippen LogP contribution is -2.05. The van der Waals surface area contributed by atoms with Crippen LogP contribution in [0.5, 0.6) is 0 Å². The van der Waals surface area contributed by atoms with E-state index in [0.29, 0.717) is 0 Å². The Bertz CT molecular complexity index is 1950. The molecule has 2 aromatic rings. The predicted molar refractivity (Wildman–Crippen MR) is 387 cm³/mol. The number of unbranched alkanes of at least 4 members (excludes halogenated alkanes) is 52. The predicted octanol–water partition coefficient (Wildman–Crippen LogP) is 29.8. The molecule has 2 heteroatoms. The molecule has 1 aliphatic heterocycles. The van der Waals surface area contributed by atoms with Gasteiger partial charge in [0.15, 0.2) is 0 Å². The van der Waals surface area contributed by atoms with Crippen molar-refractivity contribution in [2.45, 2.75) is 440 Å². The maximum atomic E-state index is 12.8. The van der Waals surface area contributed by atoms with E-state index in [9.17, 15) is 5.53 Å². The molecule has 0 N–H and O–H groups in total. The first-order chi connectivity index (χ1) is 42.5. The highest BCUT2D eigenvalue weighted by Gasteiger charge is 2.36. The Morgan fingerprint density at radius 3 is 0.628 bits per heavy atom. The van der Waals surface area contributed by atoms with Crippen molar-refractivity contribution in [3.8, 4) is 0 Å². The fourth-order valence-corrected chi connectivity index (χ4v) is 14.3. The van der Waals surface area contributed by atoms with E-state index in [-0.39, 0.29) is 0 Å². The average Bonchev–Trinajstić information content (AvgIpc) is 1.69. The van der Waals surface area contributed by atoms with E-state index < -0.39 is 0 Å². The van der Waals surface area contributed by atoms with Gasteiger partial charge < -0.3 is 5.53 Å². The Balaban J connectivity index is 1.39. The van der Waals surface area contributed by atoms with E-state index in [1.54, 1.807) is 4.70 Å². The lowest BCUT2D eigenvalue weighted by Gasteiger charge is -2.14. The van der Waals surface area contributed by atoms with E-state index in [4.69, 9.17) is 0 Å². The number of hydrogen-bond donors (Lipinski definition) is 0. The highest BCUT2D eigenvalue weighted by Crippen LogP contribution is 2.45. The summed E-state index contributed by atoms with van der Waals surface area (Å²) >= 11 is 0. The number of rotatable bonds is 64. The molecule has 1 heterocycles. The van der Waals surface area contributed by atoms with Gasteiger partial charge >= 0.3 is 0 Å². The zero-order chi connectivity index (χ0) is 61.4. The molecule has 0 saturated heterocycles. The fourth-order valence-electron chi connectivity index (χ4n) is 14.3. The molecule has 0 amide bonds. The van der Waals surface area contributed by atoms with Gasteiger partial charge in [0.2, 0.25) is 11.4 Å². The van der Waals surface area contributed by atoms with Crippen molar-refractivity contribution in [3.63, 3.8) is 0 Å². The van der Waals surface area contributed by atoms with Crippen LogP contribution in [0.1, 0.15) is 447 Å². The molecule has 1 aliphatic rings. The van der Waals surface area contributed by atoms with Crippen LogP contribution in [0.15, 0.2) is 47.5 Å². The van der Waals surface area contributed by atoms with Crippen LogP contribution in [0.2, 0.25) is 0 Å². The lowest BCUT2D eigenvalue weighted by atomic mass is 9.90. The van der Waals surface area contributed by atoms with Gasteiger partial charge in [-0.05, 0) is 111 Å². The fraction of sp³-hybridized carbons (Fsp3) is 0.810. The standard InChI is InChI=1S/C84H148N2/c1-7-13-17-20-22-24-26-28-30-32-34-36-38-40-42-44-46-48-50-52-54-56-58-60-62-65-77-69-75(11-5)71-79(73-77)83-81(67-16-10-4)82(68-64-19-15-9-3)84(86(83)85)80-72-76(12-6)70-78(74-80)66-63-61-59-57-55-53-51-49-47-45-43-41-39-37-35-33-31-29-27-25-23-21-18-14-8-2/h69-74H,7-68H2,1-6H3. The molecule has 0 unspecified atom stereocenters. The third-order valence-corrected chi connectivity index (χ3v) is 20.0. The summed E-state index contributed by atoms with van der Waals surface area (Å²) in [5, 5.41) is 0. The van der Waals surface area contributed by atoms with E-state index in [0.717, 1.165) is 62.8 Å². The zero-order valence-corrected chi connectivity index (χ0v) is 59.2. The highest BCUT2D eigenvalue weighted by molar-refractivity contribution is 5.82. The SMILES string of the molecule is CCCCCCCCCCCCCCCCCCCCCCCCCCCc1cc(CC)cc(C2=C(CCCC)C(CCCCCC)=C(c3cc(CC)cc(CCCCCCCCCCCCCCCCCCCCCCCCCCC)c3)[N+]2=[N-])c1. The smallest absolute Gasteiger partial charge is 0.211 e. The monoisotopic (exact) mass is 1190 g/mol. The van der Waals surface area contributed by atoms with Crippen LogP contribution >= 0.6 is 0 Å². The molecule has 0 atom stereocenters. The minimum Gasteiger partial charge on any atom is -0.493 e. The maximum absolute atomic E-state index is 12.8. The first kappa shape index (κ1) is 77.8. The Hall–Kier alpha value is -2.48. The molecule has 86 heavy (non-hydrogen) atoms. The third-order valence-electron chi connectivity index (χ3n) is 20.0. The molecule has 0 bridgehead atoms. The number of benzene rings is 2. The van der Waals surface area contributed by atoms with Crippen LogP contribution in [-0.4, -0.2) is 4.70 Å². The molecule has 0 aliphatic carbocycles. The summed E-state index contributed by atoms with van der Waals surface area (Å²) in [5.74, 6) is 0. The van der Waals surface area contributed by atoms with Crippen LogP contribution in [0, 0.1) is 0 Å². The zero-order valence-electron chi connectivity index (χ0n) is 59.2. The minimum atomic E-state index is 1.02. The maximum Gasteiger partial charge on any atom is 0.211 e. The largest absolute Gasteiger partial charge is 0.493 e. The summed E-state index contributed by atoms with van der Waals surface area (Å²) in [7, 11) is 0. The van der Waals surface area contributed by atoms with E-state index >= 15 is 0 Å². The number of allylic oxidation sites excluding steroid dienone is 2. The number of hydrogen-bond acceptors (Lipinski definition) is 0. The normalized spacial score (nSPS) is 12.8. The van der Waals surface area contributed by atoms with E-state index in [1.807, 2.05) is 0 Å². The summed E-state index contributed by atoms with van der Waals surface area (Å²) in [6.45, 7) is 13.9. The molecule has 494 valence electrons. The Kier molecular flexibility index (Phi) is 51.1. The van der Waals surface area contributed by atoms with Gasteiger partial charge in [0.25, 0.3) is 0 Å². The second-order valence-electron chi connectivity index (χ2n) is 28.1. The van der Waals surface area contributed by atoms with Gasteiger partial charge in [-0.15, -0.1) is 0 Å². The Morgan fingerprint density at radius 2 is 0.395 bits per heavy atom. The van der Waals surface area contributed by atoms with Gasteiger partial charge in [0.1, 0.15) is 0 Å². The Labute approximate surface area is 539 Å². The molecule has 0 fully saturated rings. The first-order valence-corrected chi connectivity index (χ1v) is 39.7. The minimum absolute atomic E-state index is 1.02. The summed E-state index contributed by atoms with van der Waals surface area (Å²) in [6, 6.07) is 14.7. The molecule has 0 saturated carbocycles. The van der Waals surface area contributed by atoms with Crippen LogP contribution in [0.25, 0.3) is 16.9 Å². The van der Waals surface area contributed by atoms with Crippen molar-refractivity contribution in [1.29, 1.82) is 0 Å². The first-order valence-electron chi connectivity index (χ1n) is 39.7. The average molecular weight is 1190 g/mol. The van der Waals surface area contributed by atoms with Crippen LogP contribution in [-0.2, 0) is 25.7 Å². The van der Waals surface area contributed by atoms with Crippen LogP contribution < -0.4 is 0 Å². The molecule has 3 rings (SSSR count). The molecule has 0 aromatic heterocycles.